The highest BCUT2D eigenvalue weighted by Gasteiger charge is 2.33. The van der Waals surface area contributed by atoms with Crippen LogP contribution in [0.3, 0.4) is 0 Å². The number of halogens is 3. The molecule has 0 aromatic heterocycles. The van der Waals surface area contributed by atoms with E-state index in [0.29, 0.717) is 0 Å². The van der Waals surface area contributed by atoms with Gasteiger partial charge >= 0.3 is 16.5 Å². The number of hydrogen-bond donors (Lipinski definition) is 0. The van der Waals surface area contributed by atoms with Crippen molar-refractivity contribution >= 4 is 10.1 Å². The van der Waals surface area contributed by atoms with E-state index in [-0.39, 0.29) is 0 Å². The summed E-state index contributed by atoms with van der Waals surface area (Å²) < 4.78 is 70.4. The normalized spacial score (nSPS) is 12.5. The van der Waals surface area contributed by atoms with E-state index < -0.39 is 27.1 Å². The Morgan fingerprint density at radius 1 is 1.13 bits per heavy atom. The SMILES string of the molecule is [O]S(=O)(=O)c1ccccc1OC(F)(F)F. The molecule has 0 saturated heterocycles. The van der Waals surface area contributed by atoms with Crippen LogP contribution in [0.2, 0.25) is 0 Å². The number of ether oxygens (including phenoxy) is 1. The summed E-state index contributed by atoms with van der Waals surface area (Å²) in [7, 11) is -4.98. The highest BCUT2D eigenvalue weighted by molar-refractivity contribution is 7.85. The van der Waals surface area contributed by atoms with Crippen LogP contribution in [0.5, 0.6) is 5.75 Å². The van der Waals surface area contributed by atoms with Crippen molar-refractivity contribution in [1.82, 2.24) is 0 Å². The average Bonchev–Trinajstić information content (AvgIpc) is 1.99. The second-order valence-corrected chi connectivity index (χ2v) is 3.80. The Balaban J connectivity index is 3.20. The van der Waals surface area contributed by atoms with E-state index in [9.17, 15) is 26.1 Å². The summed E-state index contributed by atoms with van der Waals surface area (Å²) in [6.07, 6.45) is -5.04. The van der Waals surface area contributed by atoms with Gasteiger partial charge in [0.1, 0.15) is 4.90 Å². The molecule has 0 aliphatic rings. The Kier molecular flexibility index (Phi) is 2.91. The number of alkyl halides is 3. The minimum atomic E-state index is -5.04. The molecular formula is C7H4F3O4S. The van der Waals surface area contributed by atoms with Crippen molar-refractivity contribution in [2.45, 2.75) is 11.3 Å². The van der Waals surface area contributed by atoms with Crippen LogP contribution in [0.15, 0.2) is 29.2 Å². The summed E-state index contributed by atoms with van der Waals surface area (Å²) in [5, 5.41) is 0. The second kappa shape index (κ2) is 3.70. The molecule has 0 spiro atoms. The van der Waals surface area contributed by atoms with Gasteiger partial charge in [-0.15, -0.1) is 13.2 Å². The van der Waals surface area contributed by atoms with Crippen molar-refractivity contribution in [3.8, 4) is 5.75 Å². The van der Waals surface area contributed by atoms with Crippen LogP contribution in [0.4, 0.5) is 13.2 Å². The third-order valence-corrected chi connectivity index (χ3v) is 2.22. The molecule has 0 amide bonds. The maximum absolute atomic E-state index is 11.8. The lowest BCUT2D eigenvalue weighted by Crippen LogP contribution is -2.18. The molecule has 0 aliphatic heterocycles. The topological polar surface area (TPSA) is 63.3 Å². The van der Waals surface area contributed by atoms with Gasteiger partial charge in [0.2, 0.25) is 0 Å². The highest BCUT2D eigenvalue weighted by Crippen LogP contribution is 2.29. The summed E-state index contributed by atoms with van der Waals surface area (Å²) >= 11 is 0. The Labute approximate surface area is 83.0 Å². The first-order valence-corrected chi connectivity index (χ1v) is 4.91. The molecule has 0 unspecified atom stereocenters. The van der Waals surface area contributed by atoms with Crippen molar-refractivity contribution < 1.29 is 30.9 Å². The minimum Gasteiger partial charge on any atom is -0.404 e. The zero-order chi connectivity index (χ0) is 11.7. The Morgan fingerprint density at radius 2 is 1.67 bits per heavy atom. The van der Waals surface area contributed by atoms with Crippen molar-refractivity contribution in [3.63, 3.8) is 0 Å². The number of rotatable bonds is 2. The van der Waals surface area contributed by atoms with Gasteiger partial charge in [-0.2, -0.15) is 8.42 Å². The molecule has 1 aromatic rings. The van der Waals surface area contributed by atoms with Gasteiger partial charge in [-0.3, -0.25) is 0 Å². The molecule has 0 heterocycles. The zero-order valence-corrected chi connectivity index (χ0v) is 7.80. The molecule has 1 radical (unpaired) electrons. The number of para-hydroxylation sites is 1. The van der Waals surface area contributed by atoms with Gasteiger partial charge < -0.3 is 4.74 Å². The van der Waals surface area contributed by atoms with Crippen molar-refractivity contribution in [2.75, 3.05) is 0 Å². The van der Waals surface area contributed by atoms with E-state index in [0.717, 1.165) is 24.3 Å². The van der Waals surface area contributed by atoms with Gasteiger partial charge in [-0.25, -0.2) is 0 Å². The van der Waals surface area contributed by atoms with E-state index in [1.807, 2.05) is 0 Å². The van der Waals surface area contributed by atoms with Crippen LogP contribution in [0.25, 0.3) is 0 Å². The molecule has 0 bridgehead atoms. The number of hydrogen-bond acceptors (Lipinski definition) is 3. The molecule has 1 rings (SSSR count). The maximum atomic E-state index is 11.8. The Bertz CT molecular complexity index is 452. The summed E-state index contributed by atoms with van der Waals surface area (Å²) in [6, 6.07) is 3.73. The van der Waals surface area contributed by atoms with Crippen LogP contribution in [-0.4, -0.2) is 14.8 Å². The van der Waals surface area contributed by atoms with Gasteiger partial charge in [-0.1, -0.05) is 16.7 Å². The average molecular weight is 241 g/mol. The van der Waals surface area contributed by atoms with Crippen molar-refractivity contribution in [2.24, 2.45) is 0 Å². The predicted octanol–water partition coefficient (Wildman–Crippen LogP) is 1.70. The lowest BCUT2D eigenvalue weighted by Gasteiger charge is -2.10. The first-order valence-electron chi connectivity index (χ1n) is 3.51. The van der Waals surface area contributed by atoms with E-state index >= 15 is 0 Å². The van der Waals surface area contributed by atoms with Crippen LogP contribution < -0.4 is 4.74 Å². The molecule has 1 aromatic carbocycles. The van der Waals surface area contributed by atoms with Gasteiger partial charge in [0, 0.05) is 0 Å². The Morgan fingerprint density at radius 3 is 2.13 bits per heavy atom. The van der Waals surface area contributed by atoms with Gasteiger partial charge in [0.15, 0.2) is 5.75 Å². The fourth-order valence-corrected chi connectivity index (χ4v) is 1.47. The third-order valence-electron chi connectivity index (χ3n) is 1.34. The zero-order valence-electron chi connectivity index (χ0n) is 6.98. The molecule has 0 fully saturated rings. The Hall–Kier alpha value is -1.28. The van der Waals surface area contributed by atoms with Crippen molar-refractivity contribution in [3.05, 3.63) is 24.3 Å². The molecule has 0 aliphatic carbocycles. The van der Waals surface area contributed by atoms with Crippen LogP contribution in [0, 0.1) is 0 Å². The lowest BCUT2D eigenvalue weighted by molar-refractivity contribution is -0.275. The van der Waals surface area contributed by atoms with Crippen molar-refractivity contribution in [1.29, 1.82) is 0 Å². The highest BCUT2D eigenvalue weighted by atomic mass is 32.2. The molecule has 8 heteroatoms. The van der Waals surface area contributed by atoms with E-state index in [4.69, 9.17) is 0 Å². The van der Waals surface area contributed by atoms with Gasteiger partial charge in [0.05, 0.1) is 0 Å². The summed E-state index contributed by atoms with van der Waals surface area (Å²) in [4.78, 5) is -1.04. The molecule has 83 valence electrons. The van der Waals surface area contributed by atoms with Crippen LogP contribution >= 0.6 is 0 Å². The third kappa shape index (κ3) is 3.40. The van der Waals surface area contributed by atoms with Gasteiger partial charge in [-0.05, 0) is 12.1 Å². The molecule has 0 atom stereocenters. The first kappa shape index (κ1) is 11.8. The fourth-order valence-electron chi connectivity index (χ4n) is 0.866. The molecular weight excluding hydrogens is 237 g/mol. The van der Waals surface area contributed by atoms with Gasteiger partial charge in [0.25, 0.3) is 0 Å². The predicted molar refractivity (Wildman–Crippen MR) is 41.0 cm³/mol. The fraction of sp³-hybridized carbons (Fsp3) is 0.143. The lowest BCUT2D eigenvalue weighted by atomic mass is 10.3. The standard InChI is InChI=1S/C7H4F3O4S/c8-7(9,10)14-5-3-1-2-4-6(5)15(11,12)13/h1-4H. The van der Waals surface area contributed by atoms with E-state index in [1.165, 1.54) is 0 Å². The van der Waals surface area contributed by atoms with E-state index in [1.54, 1.807) is 0 Å². The molecule has 4 nitrogen and oxygen atoms in total. The smallest absolute Gasteiger partial charge is 0.404 e. The van der Waals surface area contributed by atoms with E-state index in [2.05, 4.69) is 4.74 Å². The van der Waals surface area contributed by atoms with Crippen LogP contribution in [-0.2, 0) is 14.7 Å². The summed E-state index contributed by atoms with van der Waals surface area (Å²) in [6.45, 7) is 0. The van der Waals surface area contributed by atoms with Crippen LogP contribution in [0.1, 0.15) is 0 Å². The second-order valence-electron chi connectivity index (χ2n) is 2.45. The molecule has 15 heavy (non-hydrogen) atoms. The summed E-state index contributed by atoms with van der Waals surface area (Å²) in [5.74, 6) is -1.03. The monoisotopic (exact) mass is 241 g/mol. The minimum absolute atomic E-state index is 0.739. The maximum Gasteiger partial charge on any atom is 0.573 e. The first-order chi connectivity index (χ1) is 6.70. The largest absolute Gasteiger partial charge is 0.573 e. The molecule has 0 N–H and O–H groups in total. The quantitative estimate of drug-likeness (QED) is 0.791. The summed E-state index contributed by atoms with van der Waals surface area (Å²) in [5.41, 5.74) is 0. The number of benzene rings is 1. The molecule has 0 saturated carbocycles.